The molecule has 0 atom stereocenters. The van der Waals surface area contributed by atoms with Crippen molar-refractivity contribution in [2.75, 3.05) is 0 Å². The molecule has 0 heterocycles. The maximum Gasteiger partial charge on any atom is 0.274 e. The average molecular weight is 440 g/mol. The lowest BCUT2D eigenvalue weighted by Crippen LogP contribution is -2.41. The maximum absolute atomic E-state index is 9.38. The first-order valence-corrected chi connectivity index (χ1v) is 10.3. The van der Waals surface area contributed by atoms with Gasteiger partial charge in [-0.3, -0.25) is 0 Å². The minimum atomic E-state index is -1.28. The van der Waals surface area contributed by atoms with Crippen molar-refractivity contribution in [3.8, 4) is 35.8 Å². The molecule has 6 nitrogen and oxygen atoms in total. The molecule has 1 aliphatic carbocycles. The largest absolute Gasteiger partial charge is 0.448 e. The Bertz CT molecular complexity index is 1400. The molecule has 0 spiro atoms. The van der Waals surface area contributed by atoms with Crippen LogP contribution in [0.5, 0.6) is 11.5 Å². The molecule has 0 amide bonds. The number of benzene rings is 3. The van der Waals surface area contributed by atoms with Crippen molar-refractivity contribution in [1.29, 1.82) is 21.0 Å². The van der Waals surface area contributed by atoms with E-state index in [0.29, 0.717) is 17.9 Å². The van der Waals surface area contributed by atoms with Crippen molar-refractivity contribution < 1.29 is 9.47 Å². The van der Waals surface area contributed by atoms with Gasteiger partial charge < -0.3 is 9.47 Å². The molecule has 3 aromatic carbocycles. The van der Waals surface area contributed by atoms with Gasteiger partial charge in [-0.25, -0.2) is 0 Å². The molecule has 0 unspecified atom stereocenters. The van der Waals surface area contributed by atoms with E-state index in [2.05, 4.69) is 0 Å². The van der Waals surface area contributed by atoms with Crippen LogP contribution in [0.15, 0.2) is 85.0 Å². The Morgan fingerprint density at radius 2 is 1.18 bits per heavy atom. The van der Waals surface area contributed by atoms with Crippen LogP contribution < -0.4 is 9.47 Å². The summed E-state index contributed by atoms with van der Waals surface area (Å²) in [4.78, 5) is 0. The fraction of sp³-hybridized carbons (Fsp3) is 0.0714. The van der Waals surface area contributed by atoms with Gasteiger partial charge in [0.05, 0.1) is 22.3 Å². The molecule has 4 rings (SSSR count). The molecule has 6 heteroatoms. The number of allylic oxidation sites excluding steroid dienone is 2. The molecule has 0 N–H and O–H groups in total. The highest BCUT2D eigenvalue weighted by atomic mass is 16.7. The second-order valence-corrected chi connectivity index (χ2v) is 7.44. The normalized spacial score (nSPS) is 13.4. The van der Waals surface area contributed by atoms with Crippen LogP contribution in [0.25, 0.3) is 5.57 Å². The molecule has 0 saturated carbocycles. The van der Waals surface area contributed by atoms with Crippen LogP contribution in [0.4, 0.5) is 0 Å². The summed E-state index contributed by atoms with van der Waals surface area (Å²) in [5, 5.41) is 37.2. The van der Waals surface area contributed by atoms with Crippen molar-refractivity contribution in [3.05, 3.63) is 113 Å². The van der Waals surface area contributed by atoms with E-state index in [-0.39, 0.29) is 22.3 Å². The number of nitrogens with zero attached hydrogens (tertiary/aromatic N) is 4. The molecular weight excluding hydrogens is 424 g/mol. The third-order valence-electron chi connectivity index (χ3n) is 5.28. The van der Waals surface area contributed by atoms with Crippen LogP contribution in [-0.2, 0) is 0 Å². The molecule has 0 fully saturated rings. The monoisotopic (exact) mass is 440 g/mol. The highest BCUT2D eigenvalue weighted by Crippen LogP contribution is 2.34. The molecule has 0 bridgehead atoms. The number of nitriles is 4. The second-order valence-electron chi connectivity index (χ2n) is 7.44. The minimum Gasteiger partial charge on any atom is -0.448 e. The van der Waals surface area contributed by atoms with Crippen molar-refractivity contribution in [2.24, 2.45) is 0 Å². The Morgan fingerprint density at radius 3 is 1.62 bits per heavy atom. The van der Waals surface area contributed by atoms with Gasteiger partial charge in [0.25, 0.3) is 5.79 Å². The van der Waals surface area contributed by atoms with Crippen LogP contribution in [0, 0.1) is 45.3 Å². The second kappa shape index (κ2) is 9.46. The molecule has 34 heavy (non-hydrogen) atoms. The third-order valence-corrected chi connectivity index (χ3v) is 5.28. The number of hydrogen-bond donors (Lipinski definition) is 0. The van der Waals surface area contributed by atoms with Crippen molar-refractivity contribution in [3.63, 3.8) is 0 Å². The molecule has 0 aromatic heterocycles. The number of rotatable bonds is 5. The third kappa shape index (κ3) is 4.49. The minimum absolute atomic E-state index is 0.195. The van der Waals surface area contributed by atoms with Crippen LogP contribution in [0.1, 0.15) is 34.2 Å². The van der Waals surface area contributed by atoms with E-state index in [1.165, 1.54) is 24.3 Å². The first kappa shape index (κ1) is 21.9. The Morgan fingerprint density at radius 1 is 0.647 bits per heavy atom. The van der Waals surface area contributed by atoms with E-state index < -0.39 is 5.79 Å². The fourth-order valence-corrected chi connectivity index (χ4v) is 3.57. The van der Waals surface area contributed by atoms with Crippen LogP contribution in [0.2, 0.25) is 0 Å². The summed E-state index contributed by atoms with van der Waals surface area (Å²) >= 11 is 0. The Kier molecular flexibility index (Phi) is 6.09. The summed E-state index contributed by atoms with van der Waals surface area (Å²) in [5.41, 5.74) is 2.93. The van der Waals surface area contributed by atoms with Gasteiger partial charge in [0.2, 0.25) is 0 Å². The predicted octanol–water partition coefficient (Wildman–Crippen LogP) is 5.37. The van der Waals surface area contributed by atoms with Crippen LogP contribution >= 0.6 is 0 Å². The molecule has 1 aliphatic rings. The standard InChI is InChI=1S/C28H16N4O2/c29-16-22-6-8-26(14-24(22)18-31)33-28(34-27-9-7-23(17-30)25(15-27)19-32)12-10-21(11-13-28)20-4-2-1-3-5-20/h1-12,14-15H,13H2. The molecule has 0 saturated heterocycles. The lowest BCUT2D eigenvalue weighted by Gasteiger charge is -2.33. The number of ether oxygens (including phenoxy) is 2. The maximum atomic E-state index is 9.38. The Hall–Kier alpha value is -5.30. The topological polar surface area (TPSA) is 114 Å². The Labute approximate surface area is 197 Å². The van der Waals surface area contributed by atoms with E-state index in [4.69, 9.17) is 9.47 Å². The molecule has 3 aromatic rings. The van der Waals surface area contributed by atoms with Crippen molar-refractivity contribution in [1.82, 2.24) is 0 Å². The van der Waals surface area contributed by atoms with E-state index in [1.807, 2.05) is 66.8 Å². The first-order valence-electron chi connectivity index (χ1n) is 10.3. The van der Waals surface area contributed by atoms with E-state index in [0.717, 1.165) is 11.1 Å². The first-order chi connectivity index (χ1) is 16.6. The Balaban J connectivity index is 1.71. The average Bonchev–Trinajstić information content (AvgIpc) is 2.89. The zero-order chi connectivity index (χ0) is 24.0. The predicted molar refractivity (Wildman–Crippen MR) is 124 cm³/mol. The summed E-state index contributed by atoms with van der Waals surface area (Å²) in [6, 6.07) is 27.1. The summed E-state index contributed by atoms with van der Waals surface area (Å²) < 4.78 is 12.5. The summed E-state index contributed by atoms with van der Waals surface area (Å²) in [5.74, 6) is -0.572. The van der Waals surface area contributed by atoms with Gasteiger partial charge in [-0.1, -0.05) is 42.5 Å². The van der Waals surface area contributed by atoms with Crippen LogP contribution in [0.3, 0.4) is 0 Å². The number of hydrogen-bond acceptors (Lipinski definition) is 6. The molecule has 0 aliphatic heterocycles. The zero-order valence-electron chi connectivity index (χ0n) is 17.9. The van der Waals surface area contributed by atoms with Gasteiger partial charge in [0.1, 0.15) is 35.8 Å². The zero-order valence-corrected chi connectivity index (χ0v) is 17.9. The quantitative estimate of drug-likeness (QED) is 0.493. The summed E-state index contributed by atoms with van der Waals surface area (Å²) in [7, 11) is 0. The lowest BCUT2D eigenvalue weighted by molar-refractivity contribution is -0.0685. The van der Waals surface area contributed by atoms with Gasteiger partial charge >= 0.3 is 0 Å². The smallest absolute Gasteiger partial charge is 0.274 e. The van der Waals surface area contributed by atoms with Gasteiger partial charge in [0, 0.05) is 12.5 Å². The summed E-state index contributed by atoms with van der Waals surface area (Å²) in [6.45, 7) is 0. The summed E-state index contributed by atoms with van der Waals surface area (Å²) in [6.07, 6.45) is 5.99. The van der Waals surface area contributed by atoms with Gasteiger partial charge in [-0.15, -0.1) is 0 Å². The van der Waals surface area contributed by atoms with E-state index in [1.54, 1.807) is 18.2 Å². The van der Waals surface area contributed by atoms with Crippen molar-refractivity contribution in [2.45, 2.75) is 12.2 Å². The molecule has 160 valence electrons. The van der Waals surface area contributed by atoms with E-state index in [9.17, 15) is 21.0 Å². The van der Waals surface area contributed by atoms with Crippen LogP contribution in [-0.4, -0.2) is 5.79 Å². The molecule has 0 radical (unpaired) electrons. The highest BCUT2D eigenvalue weighted by Gasteiger charge is 2.34. The molecular formula is C28H16N4O2. The van der Waals surface area contributed by atoms with Crippen molar-refractivity contribution >= 4 is 5.57 Å². The van der Waals surface area contributed by atoms with Gasteiger partial charge in [-0.05, 0) is 47.5 Å². The van der Waals surface area contributed by atoms with Gasteiger partial charge in [-0.2, -0.15) is 21.0 Å². The van der Waals surface area contributed by atoms with Gasteiger partial charge in [0.15, 0.2) is 0 Å². The SMILES string of the molecule is N#Cc1ccc(OC2(Oc3ccc(C#N)c(C#N)c3)C=CC(c3ccccc3)=CC2)cc1C#N. The highest BCUT2D eigenvalue weighted by molar-refractivity contribution is 5.75. The lowest BCUT2D eigenvalue weighted by atomic mass is 9.96. The fourth-order valence-electron chi connectivity index (χ4n) is 3.57. The van der Waals surface area contributed by atoms with E-state index >= 15 is 0 Å².